The summed E-state index contributed by atoms with van der Waals surface area (Å²) in [5.41, 5.74) is 0.733. The normalized spacial score (nSPS) is 18.9. The Morgan fingerprint density at radius 3 is 2.00 bits per heavy atom. The molecule has 0 radical (unpaired) electrons. The molecule has 2 aromatic rings. The molecule has 6 heteroatoms. The van der Waals surface area contributed by atoms with Gasteiger partial charge in [0.15, 0.2) is 0 Å². The first-order valence-electron chi connectivity index (χ1n) is 11.7. The number of amides is 1. The van der Waals surface area contributed by atoms with Crippen LogP contribution in [0.15, 0.2) is 54.6 Å². The van der Waals surface area contributed by atoms with Gasteiger partial charge >= 0.3 is 11.9 Å². The molecule has 6 nitrogen and oxygen atoms in total. The maximum absolute atomic E-state index is 13.6. The molecule has 2 aliphatic carbocycles. The number of nitrogens with one attached hydrogen (secondary N) is 1. The number of hydrogen-bond donors (Lipinski definition) is 3. The summed E-state index contributed by atoms with van der Waals surface area (Å²) in [5, 5.41) is 22.9. The van der Waals surface area contributed by atoms with Crippen molar-refractivity contribution in [2.24, 2.45) is 11.3 Å². The van der Waals surface area contributed by atoms with E-state index in [1.807, 2.05) is 54.6 Å². The molecule has 1 unspecified atom stereocenters. The van der Waals surface area contributed by atoms with Crippen LogP contribution in [0.3, 0.4) is 0 Å². The number of benzene rings is 2. The zero-order valence-corrected chi connectivity index (χ0v) is 18.8. The van der Waals surface area contributed by atoms with Crippen LogP contribution in [0.25, 0.3) is 0 Å². The maximum atomic E-state index is 13.6. The van der Waals surface area contributed by atoms with Gasteiger partial charge in [-0.15, -0.1) is 0 Å². The van der Waals surface area contributed by atoms with E-state index < -0.39 is 28.8 Å². The summed E-state index contributed by atoms with van der Waals surface area (Å²) in [5.74, 6) is -2.90. The minimum atomic E-state index is -1.38. The summed E-state index contributed by atoms with van der Waals surface area (Å²) >= 11 is 0. The van der Waals surface area contributed by atoms with Crippen molar-refractivity contribution in [3.05, 3.63) is 71.3 Å². The van der Waals surface area contributed by atoms with Crippen molar-refractivity contribution >= 4 is 17.8 Å². The van der Waals surface area contributed by atoms with Crippen LogP contribution < -0.4 is 5.32 Å². The Morgan fingerprint density at radius 2 is 1.45 bits per heavy atom. The van der Waals surface area contributed by atoms with Gasteiger partial charge in [-0.2, -0.15) is 0 Å². The van der Waals surface area contributed by atoms with Gasteiger partial charge in [0, 0.05) is 12.8 Å². The van der Waals surface area contributed by atoms with Gasteiger partial charge in [0.25, 0.3) is 0 Å². The Balaban J connectivity index is 1.52. The molecule has 0 aliphatic heterocycles. The number of carbonyl (C=O) groups excluding carboxylic acids is 1. The SMILES string of the molecule is O=C(O)C(CCc1ccccc1)CC1(C(=O)NC2(C(=O)O)Cc3ccccc3C2)CCCC1. The van der Waals surface area contributed by atoms with Crippen molar-refractivity contribution in [3.63, 3.8) is 0 Å². The van der Waals surface area contributed by atoms with Crippen molar-refractivity contribution in [2.45, 2.75) is 63.3 Å². The van der Waals surface area contributed by atoms with Gasteiger partial charge in [-0.05, 0) is 48.8 Å². The van der Waals surface area contributed by atoms with Gasteiger partial charge < -0.3 is 15.5 Å². The number of aryl methyl sites for hydroxylation is 1. The standard InChI is InChI=1S/C27H31NO5/c29-23(30)22(13-12-19-8-2-1-3-9-19)16-26(14-6-7-15-26)24(31)28-27(25(32)33)17-20-10-4-5-11-21(20)18-27/h1-5,8-11,22H,6-7,12-18H2,(H,28,31)(H,29,30)(H,32,33). The molecule has 1 saturated carbocycles. The second-order valence-electron chi connectivity index (χ2n) is 9.71. The number of fused-ring (bicyclic) bond motifs is 1. The van der Waals surface area contributed by atoms with Gasteiger partial charge in [0.1, 0.15) is 5.54 Å². The number of carboxylic acid groups (broad SMARTS) is 2. The lowest BCUT2D eigenvalue weighted by atomic mass is 9.74. The molecule has 174 valence electrons. The van der Waals surface area contributed by atoms with E-state index in [0.717, 1.165) is 29.5 Å². The average Bonchev–Trinajstić information content (AvgIpc) is 3.43. The molecule has 1 atom stereocenters. The fraction of sp³-hybridized carbons (Fsp3) is 0.444. The summed E-state index contributed by atoms with van der Waals surface area (Å²) in [7, 11) is 0. The molecule has 0 aromatic heterocycles. The number of aliphatic carboxylic acids is 2. The Bertz CT molecular complexity index is 1000. The molecule has 0 saturated heterocycles. The molecule has 1 fully saturated rings. The minimum Gasteiger partial charge on any atom is -0.481 e. The summed E-state index contributed by atoms with van der Waals surface area (Å²) in [4.78, 5) is 38.1. The lowest BCUT2D eigenvalue weighted by Gasteiger charge is -2.35. The Kier molecular flexibility index (Phi) is 6.54. The predicted octanol–water partition coefficient (Wildman–Crippen LogP) is 4.01. The van der Waals surface area contributed by atoms with E-state index in [0.29, 0.717) is 25.7 Å². The van der Waals surface area contributed by atoms with Gasteiger partial charge in [0.05, 0.1) is 11.3 Å². The lowest BCUT2D eigenvalue weighted by molar-refractivity contribution is -0.151. The van der Waals surface area contributed by atoms with E-state index in [1.54, 1.807) is 0 Å². The van der Waals surface area contributed by atoms with E-state index in [1.165, 1.54) is 0 Å². The fourth-order valence-electron chi connectivity index (χ4n) is 5.60. The van der Waals surface area contributed by atoms with Crippen molar-refractivity contribution in [1.82, 2.24) is 5.32 Å². The fourth-order valence-corrected chi connectivity index (χ4v) is 5.60. The largest absolute Gasteiger partial charge is 0.481 e. The zero-order chi connectivity index (χ0) is 23.5. The van der Waals surface area contributed by atoms with Crippen molar-refractivity contribution < 1.29 is 24.6 Å². The number of carbonyl (C=O) groups is 3. The lowest BCUT2D eigenvalue weighted by Crippen LogP contribution is -2.59. The van der Waals surface area contributed by atoms with Gasteiger partial charge in [-0.1, -0.05) is 67.4 Å². The predicted molar refractivity (Wildman–Crippen MR) is 124 cm³/mol. The number of rotatable bonds is 9. The zero-order valence-electron chi connectivity index (χ0n) is 18.8. The molecule has 33 heavy (non-hydrogen) atoms. The molecular weight excluding hydrogens is 418 g/mol. The molecule has 0 spiro atoms. The number of hydrogen-bond acceptors (Lipinski definition) is 3. The summed E-state index contributed by atoms with van der Waals surface area (Å²) < 4.78 is 0. The van der Waals surface area contributed by atoms with Crippen LogP contribution in [0.4, 0.5) is 0 Å². The van der Waals surface area contributed by atoms with Gasteiger partial charge in [0.2, 0.25) is 5.91 Å². The van der Waals surface area contributed by atoms with Crippen molar-refractivity contribution in [2.75, 3.05) is 0 Å². The molecule has 2 aromatic carbocycles. The first kappa shape index (κ1) is 23.0. The monoisotopic (exact) mass is 449 g/mol. The highest BCUT2D eigenvalue weighted by atomic mass is 16.4. The van der Waals surface area contributed by atoms with E-state index in [4.69, 9.17) is 0 Å². The van der Waals surface area contributed by atoms with Gasteiger partial charge in [-0.3, -0.25) is 9.59 Å². The molecule has 1 amide bonds. The van der Waals surface area contributed by atoms with Crippen LogP contribution in [0, 0.1) is 11.3 Å². The maximum Gasteiger partial charge on any atom is 0.330 e. The molecule has 4 rings (SSSR count). The smallest absolute Gasteiger partial charge is 0.330 e. The highest BCUT2D eigenvalue weighted by Gasteiger charge is 2.51. The second kappa shape index (κ2) is 9.38. The van der Waals surface area contributed by atoms with Crippen LogP contribution in [0.2, 0.25) is 0 Å². The van der Waals surface area contributed by atoms with Crippen LogP contribution in [-0.4, -0.2) is 33.6 Å². The molecular formula is C27H31NO5. The topological polar surface area (TPSA) is 104 Å². The summed E-state index contributed by atoms with van der Waals surface area (Å²) in [6.07, 6.45) is 4.69. The van der Waals surface area contributed by atoms with E-state index in [9.17, 15) is 24.6 Å². The summed E-state index contributed by atoms with van der Waals surface area (Å²) in [6, 6.07) is 17.3. The third kappa shape index (κ3) is 4.80. The van der Waals surface area contributed by atoms with Crippen LogP contribution in [0.1, 0.15) is 55.2 Å². The Labute approximate surface area is 194 Å². The quantitative estimate of drug-likeness (QED) is 0.537. The highest BCUT2D eigenvalue weighted by Crippen LogP contribution is 2.45. The summed E-state index contributed by atoms with van der Waals surface area (Å²) in [6.45, 7) is 0. The Hall–Kier alpha value is -3.15. The first-order chi connectivity index (χ1) is 15.8. The first-order valence-corrected chi connectivity index (χ1v) is 11.7. The molecule has 0 bridgehead atoms. The average molecular weight is 450 g/mol. The third-order valence-corrected chi connectivity index (χ3v) is 7.52. The molecule has 3 N–H and O–H groups in total. The van der Waals surface area contributed by atoms with Crippen LogP contribution >= 0.6 is 0 Å². The van der Waals surface area contributed by atoms with Crippen molar-refractivity contribution in [1.29, 1.82) is 0 Å². The molecule has 0 heterocycles. The van der Waals surface area contributed by atoms with E-state index in [-0.39, 0.29) is 25.2 Å². The molecule has 2 aliphatic rings. The second-order valence-corrected chi connectivity index (χ2v) is 9.71. The minimum absolute atomic E-state index is 0.240. The van der Waals surface area contributed by atoms with Crippen LogP contribution in [-0.2, 0) is 33.6 Å². The van der Waals surface area contributed by atoms with Crippen molar-refractivity contribution in [3.8, 4) is 0 Å². The third-order valence-electron chi connectivity index (χ3n) is 7.52. The van der Waals surface area contributed by atoms with E-state index in [2.05, 4.69) is 5.32 Å². The Morgan fingerprint density at radius 1 is 0.879 bits per heavy atom. The van der Waals surface area contributed by atoms with Crippen LogP contribution in [0.5, 0.6) is 0 Å². The number of carboxylic acids is 2. The highest BCUT2D eigenvalue weighted by molar-refractivity contribution is 5.91. The van der Waals surface area contributed by atoms with Gasteiger partial charge in [-0.25, -0.2) is 4.79 Å². The van der Waals surface area contributed by atoms with E-state index >= 15 is 0 Å².